The van der Waals surface area contributed by atoms with Crippen LogP contribution < -0.4 is 0 Å². The molecule has 0 aliphatic heterocycles. The van der Waals surface area contributed by atoms with Gasteiger partial charge in [-0.2, -0.15) is 5.22 Å². The van der Waals surface area contributed by atoms with E-state index in [2.05, 4.69) is 21.1 Å². The fourth-order valence-corrected chi connectivity index (χ4v) is 0.0930. The summed E-state index contributed by atoms with van der Waals surface area (Å²) in [5, 5.41) is 14.7. The number of hydrogen-bond acceptors (Lipinski definition) is 3. The minimum Gasteiger partial charge on any atom is -0.422 e. The average Bonchev–Trinajstić information content (AvgIpc) is 1.80. The van der Waals surface area contributed by atoms with Crippen LogP contribution in [0.25, 0.3) is 10.9 Å². The summed E-state index contributed by atoms with van der Waals surface area (Å²) in [5.74, 6) is 0. The molecule has 48 valence electrons. The molecule has 1 N–H and O–H groups in total. The molecule has 0 aromatic rings. The third kappa shape index (κ3) is 6.31. The van der Waals surface area contributed by atoms with E-state index in [0.29, 0.717) is 0 Å². The molecule has 0 rings (SSSR count). The smallest absolute Gasteiger partial charge is 0.0555 e. The van der Waals surface area contributed by atoms with Gasteiger partial charge in [0.15, 0.2) is 0 Å². The first-order valence-corrected chi connectivity index (χ1v) is 1.64. The lowest BCUT2D eigenvalue weighted by Crippen LogP contribution is -1.77. The molecule has 0 bridgehead atoms. The van der Waals surface area contributed by atoms with Crippen molar-refractivity contribution >= 4 is 6.01 Å². The molecule has 0 saturated carbocycles. The Bertz CT molecular complexity index is 164. The van der Waals surface area contributed by atoms with Crippen LogP contribution in [0.2, 0.25) is 0 Å². The van der Waals surface area contributed by atoms with Crippen molar-refractivity contribution in [3.8, 4) is 0 Å². The third-order valence-corrected chi connectivity index (χ3v) is 0.248. The largest absolute Gasteiger partial charge is 0.422 e. The lowest BCUT2D eigenvalue weighted by atomic mass is 11.6. The highest BCUT2D eigenvalue weighted by atomic mass is 19.2. The van der Waals surface area contributed by atoms with Crippen molar-refractivity contribution in [1.29, 1.82) is 5.53 Å². The number of halogens is 1. The zero-order valence-electron chi connectivity index (χ0n) is 4.06. The summed E-state index contributed by atoms with van der Waals surface area (Å²) in [6.45, 7) is 0. The van der Waals surface area contributed by atoms with E-state index in [-0.39, 0.29) is 0 Å². The molecule has 0 spiro atoms. The fraction of sp³-hybridized carbons (Fsp3) is 0. The first-order chi connectivity index (χ1) is 4.27. The summed E-state index contributed by atoms with van der Waals surface area (Å²) < 4.78 is 11.2. The van der Waals surface area contributed by atoms with Crippen LogP contribution >= 0.6 is 0 Å². The summed E-state index contributed by atoms with van der Waals surface area (Å²) in [6.07, 6.45) is 0. The van der Waals surface area contributed by atoms with E-state index >= 15 is 0 Å². The van der Waals surface area contributed by atoms with Gasteiger partial charge in [0.05, 0.1) is 10.8 Å². The average molecular weight is 130 g/mol. The molecule has 7 nitrogen and oxygen atoms in total. The topological polar surface area (TPSA) is 100 Å². The Kier molecular flexibility index (Phi) is 3.63. The normalized spacial score (nSPS) is 8.56. The zero-order valence-corrected chi connectivity index (χ0v) is 4.06. The third-order valence-electron chi connectivity index (χ3n) is 0.248. The Hall–Kier alpha value is -1.69. The van der Waals surface area contributed by atoms with Gasteiger partial charge in [0.2, 0.25) is 0 Å². The zero-order chi connectivity index (χ0) is 7.11. The van der Waals surface area contributed by atoms with Gasteiger partial charge in [-0.25, -0.2) is 5.53 Å². The molecule has 0 radical (unpaired) electrons. The lowest BCUT2D eigenvalue weighted by molar-refractivity contribution is -0.744. The second kappa shape index (κ2) is 4.47. The highest BCUT2D eigenvalue weighted by molar-refractivity contribution is 5.44. The number of hydrogen-bond donors (Lipinski definition) is 1. The van der Waals surface area contributed by atoms with Crippen LogP contribution in [0.5, 0.6) is 0 Å². The molecule has 0 aromatic heterocycles. The summed E-state index contributed by atoms with van der Waals surface area (Å²) in [7, 11) is 0. The van der Waals surface area contributed by atoms with Crippen LogP contribution in [0.15, 0.2) is 15.5 Å². The van der Waals surface area contributed by atoms with Gasteiger partial charge in [0.25, 0.3) is 0 Å². The number of nitrogens with zero attached hydrogens (tertiary/aromatic N) is 6. The molecule has 0 aromatic carbocycles. The first-order valence-electron chi connectivity index (χ1n) is 1.64. The molecule has 0 aliphatic rings. The van der Waals surface area contributed by atoms with Crippen LogP contribution in [0.3, 0.4) is 0 Å². The molecule has 0 atom stereocenters. The van der Waals surface area contributed by atoms with Crippen molar-refractivity contribution in [2.75, 3.05) is 0 Å². The molecule has 0 amide bonds. The van der Waals surface area contributed by atoms with Gasteiger partial charge in [0, 0.05) is 9.51 Å². The van der Waals surface area contributed by atoms with Crippen molar-refractivity contribution in [2.45, 2.75) is 0 Å². The minimum atomic E-state index is -0.809. The minimum absolute atomic E-state index is 0.809. The quantitative estimate of drug-likeness (QED) is 0.257. The lowest BCUT2D eigenvalue weighted by Gasteiger charge is -1.81. The predicted octanol–water partition coefficient (Wildman–Crippen LogP) is 1.23. The van der Waals surface area contributed by atoms with Crippen LogP contribution in [0.4, 0.5) is 4.48 Å². The van der Waals surface area contributed by atoms with E-state index in [0.717, 1.165) is 0 Å². The Morgan fingerprint density at radius 1 is 1.78 bits per heavy atom. The monoisotopic (exact) mass is 130 g/mol. The molecule has 0 heterocycles. The summed E-state index contributed by atoms with van der Waals surface area (Å²) in [4.78, 5) is 0. The Morgan fingerprint density at radius 2 is 2.44 bits per heavy atom. The number of rotatable bonds is 3. The van der Waals surface area contributed by atoms with Gasteiger partial charge in [-0.15, -0.1) is 6.01 Å². The molecule has 0 unspecified atom stereocenters. The van der Waals surface area contributed by atoms with Crippen molar-refractivity contribution in [3.05, 3.63) is 10.9 Å². The van der Waals surface area contributed by atoms with E-state index in [1.807, 2.05) is 0 Å². The maximum Gasteiger partial charge on any atom is 0.0555 e. The summed E-state index contributed by atoms with van der Waals surface area (Å²) in [5.41, 5.74) is 8.34. The first kappa shape index (κ1) is 7.31. The van der Waals surface area contributed by atoms with E-state index in [9.17, 15) is 4.48 Å². The van der Waals surface area contributed by atoms with Crippen LogP contribution in [-0.2, 0) is 0 Å². The van der Waals surface area contributed by atoms with Crippen LogP contribution in [0, 0.1) is 5.53 Å². The number of nitrogens with one attached hydrogen (secondary N) is 1. The van der Waals surface area contributed by atoms with Gasteiger partial charge in [0.1, 0.15) is 0 Å². The van der Waals surface area contributed by atoms with Gasteiger partial charge in [-0.3, -0.25) is 0 Å². The van der Waals surface area contributed by atoms with Crippen molar-refractivity contribution in [1.82, 2.24) is 0 Å². The predicted molar refractivity (Wildman–Crippen MR) is 23.1 cm³/mol. The molecular formula is CHFN7-. The van der Waals surface area contributed by atoms with Gasteiger partial charge in [-0.05, 0) is 0 Å². The molecule has 0 saturated heterocycles. The van der Waals surface area contributed by atoms with Crippen LogP contribution in [0.1, 0.15) is 0 Å². The second-order valence-corrected chi connectivity index (χ2v) is 0.728. The highest BCUT2D eigenvalue weighted by Gasteiger charge is 1.81. The maximum absolute atomic E-state index is 11.2. The van der Waals surface area contributed by atoms with Crippen molar-refractivity contribution in [2.24, 2.45) is 15.5 Å². The standard InChI is InChI=1S/CHFN7/c2-9(4)8-7-6-5-1-3/h4H/q-1/b7-6+. The van der Waals surface area contributed by atoms with Crippen molar-refractivity contribution in [3.63, 3.8) is 0 Å². The summed E-state index contributed by atoms with van der Waals surface area (Å²) in [6, 6.07) is 1.24. The molecular weight excluding hydrogens is 129 g/mol. The van der Waals surface area contributed by atoms with E-state index in [1.54, 1.807) is 0 Å². The van der Waals surface area contributed by atoms with E-state index in [1.165, 1.54) is 6.01 Å². The van der Waals surface area contributed by atoms with E-state index in [4.69, 9.17) is 10.9 Å². The Labute approximate surface area is 48.8 Å². The molecule has 0 aliphatic carbocycles. The van der Waals surface area contributed by atoms with Crippen LogP contribution in [-0.4, -0.2) is 11.0 Å². The molecule has 0 fully saturated rings. The molecule has 9 heavy (non-hydrogen) atoms. The van der Waals surface area contributed by atoms with E-state index < -0.39 is 5.03 Å². The Morgan fingerprint density at radius 3 is 2.89 bits per heavy atom. The second-order valence-electron chi connectivity index (χ2n) is 0.728. The molecule has 8 heteroatoms. The van der Waals surface area contributed by atoms with Gasteiger partial charge < -0.3 is 10.5 Å². The summed E-state index contributed by atoms with van der Waals surface area (Å²) >= 11 is 0. The van der Waals surface area contributed by atoms with Crippen molar-refractivity contribution < 1.29 is 9.51 Å². The SMILES string of the molecule is [N-]=C=N/N=N/[N-][N+](=N)F. The van der Waals surface area contributed by atoms with Gasteiger partial charge in [-0.1, -0.05) is 0 Å². The van der Waals surface area contributed by atoms with Gasteiger partial charge >= 0.3 is 0 Å². The Balaban J connectivity index is 3.48. The maximum atomic E-state index is 11.2. The fourth-order valence-electron chi connectivity index (χ4n) is 0.0930. The highest BCUT2D eigenvalue weighted by Crippen LogP contribution is 1.90.